The molecule has 18 heavy (non-hydrogen) atoms. The second-order valence-electron chi connectivity index (χ2n) is 4.59. The number of imidazole rings is 1. The van der Waals surface area contributed by atoms with Gasteiger partial charge in [-0.2, -0.15) is 14.4 Å². The van der Waals surface area contributed by atoms with Crippen LogP contribution in [0.3, 0.4) is 0 Å². The number of anilines is 1. The Morgan fingerprint density at radius 1 is 1.44 bits per heavy atom. The monoisotopic (exact) mass is 252 g/mol. The zero-order valence-electron chi connectivity index (χ0n) is 10.5. The van der Waals surface area contributed by atoms with Crippen LogP contribution in [0.25, 0.3) is 11.2 Å². The average molecular weight is 252 g/mol. The van der Waals surface area contributed by atoms with Gasteiger partial charge in [0.2, 0.25) is 0 Å². The van der Waals surface area contributed by atoms with Crippen LogP contribution in [0, 0.1) is 12.0 Å². The van der Waals surface area contributed by atoms with E-state index in [1.807, 2.05) is 0 Å². The molecule has 0 aliphatic rings. The van der Waals surface area contributed by atoms with E-state index >= 15 is 0 Å². The van der Waals surface area contributed by atoms with Crippen LogP contribution in [0.5, 0.6) is 0 Å². The minimum atomic E-state index is -0.822. The molecule has 0 aromatic carbocycles. The molecule has 0 aliphatic carbocycles. The zero-order valence-corrected chi connectivity index (χ0v) is 10.5. The smallest absolute Gasteiger partial charge is 0.312 e. The average Bonchev–Trinajstić information content (AvgIpc) is 2.67. The van der Waals surface area contributed by atoms with Crippen LogP contribution < -0.4 is 11.1 Å². The van der Waals surface area contributed by atoms with Gasteiger partial charge >= 0.3 is 6.08 Å². The highest BCUT2D eigenvalue weighted by molar-refractivity contribution is 5.81. The molecule has 2 aromatic rings. The molecule has 0 bridgehead atoms. The summed E-state index contributed by atoms with van der Waals surface area (Å²) in [6.07, 6.45) is 0.781. The van der Waals surface area contributed by atoms with Gasteiger partial charge in [0.15, 0.2) is 11.5 Å². The molecule has 2 aromatic heterocycles. The minimum absolute atomic E-state index is 0.0754. The lowest BCUT2D eigenvalue weighted by atomic mass is 10.2. The summed E-state index contributed by atoms with van der Waals surface area (Å²) in [4.78, 5) is 11.3. The summed E-state index contributed by atoms with van der Waals surface area (Å²) < 4.78 is 14.9. The van der Waals surface area contributed by atoms with Crippen molar-refractivity contribution in [2.45, 2.75) is 20.4 Å². The fourth-order valence-electron chi connectivity index (χ4n) is 1.69. The van der Waals surface area contributed by atoms with E-state index in [0.29, 0.717) is 23.6 Å². The molecule has 2 heterocycles. The van der Waals surface area contributed by atoms with Gasteiger partial charge in [0.1, 0.15) is 5.52 Å². The number of aromatic nitrogens is 4. The molecule has 7 heteroatoms. The molecular weight excluding hydrogens is 235 g/mol. The molecule has 6 nitrogen and oxygen atoms in total. The number of nitrogens with one attached hydrogen (secondary N) is 1. The van der Waals surface area contributed by atoms with Gasteiger partial charge < -0.3 is 15.6 Å². The maximum atomic E-state index is 13.1. The van der Waals surface area contributed by atoms with E-state index in [9.17, 15) is 4.39 Å². The largest absolute Gasteiger partial charge is 0.382 e. The number of fused-ring (bicyclic) bond motifs is 1. The van der Waals surface area contributed by atoms with Crippen LogP contribution in [0.2, 0.25) is 0 Å². The highest BCUT2D eigenvalue weighted by Gasteiger charge is 2.10. The van der Waals surface area contributed by atoms with E-state index in [1.54, 1.807) is 10.9 Å². The van der Waals surface area contributed by atoms with E-state index in [1.165, 1.54) is 0 Å². The first-order valence-electron chi connectivity index (χ1n) is 5.92. The van der Waals surface area contributed by atoms with Gasteiger partial charge in [0.25, 0.3) is 0 Å². The van der Waals surface area contributed by atoms with Gasteiger partial charge in [0, 0.05) is 13.1 Å². The topological polar surface area (TPSA) is 81.7 Å². The second kappa shape index (κ2) is 5.26. The third kappa shape index (κ3) is 2.73. The van der Waals surface area contributed by atoms with Crippen LogP contribution in [0.1, 0.15) is 13.8 Å². The van der Waals surface area contributed by atoms with Gasteiger partial charge in [-0.05, 0) is 12.5 Å². The summed E-state index contributed by atoms with van der Waals surface area (Å²) in [5, 5.41) is 3.30. The molecule has 0 spiro atoms. The van der Waals surface area contributed by atoms with Crippen LogP contribution in [-0.4, -0.2) is 32.6 Å². The van der Waals surface area contributed by atoms with E-state index in [-0.39, 0.29) is 5.82 Å². The number of hydrogen-bond donors (Lipinski definition) is 2. The lowest BCUT2D eigenvalue weighted by Gasteiger charge is -2.08. The van der Waals surface area contributed by atoms with Crippen molar-refractivity contribution in [2.75, 3.05) is 18.8 Å². The summed E-state index contributed by atoms with van der Waals surface area (Å²) >= 11 is 0. The Morgan fingerprint density at radius 3 is 2.94 bits per heavy atom. The van der Waals surface area contributed by atoms with Gasteiger partial charge in [-0.15, -0.1) is 0 Å². The van der Waals surface area contributed by atoms with E-state index < -0.39 is 6.08 Å². The quantitative estimate of drug-likeness (QED) is 0.607. The summed E-state index contributed by atoms with van der Waals surface area (Å²) in [7, 11) is 0. The lowest BCUT2D eigenvalue weighted by Crippen LogP contribution is -2.24. The van der Waals surface area contributed by atoms with E-state index in [0.717, 1.165) is 13.1 Å². The van der Waals surface area contributed by atoms with Gasteiger partial charge in [0.05, 0.1) is 6.33 Å². The third-order valence-corrected chi connectivity index (χ3v) is 2.55. The van der Waals surface area contributed by atoms with Crippen molar-refractivity contribution in [3.05, 3.63) is 12.4 Å². The van der Waals surface area contributed by atoms with Crippen molar-refractivity contribution in [3.63, 3.8) is 0 Å². The molecule has 0 amide bonds. The molecule has 0 fully saturated rings. The van der Waals surface area contributed by atoms with Crippen LogP contribution in [0.4, 0.5) is 10.2 Å². The first-order chi connectivity index (χ1) is 8.58. The number of rotatable bonds is 5. The predicted molar refractivity (Wildman–Crippen MR) is 67.4 cm³/mol. The lowest BCUT2D eigenvalue weighted by molar-refractivity contribution is 0.522. The molecule has 0 atom stereocenters. The van der Waals surface area contributed by atoms with Crippen molar-refractivity contribution in [1.29, 1.82) is 0 Å². The van der Waals surface area contributed by atoms with Crippen molar-refractivity contribution in [1.82, 2.24) is 24.8 Å². The Kier molecular flexibility index (Phi) is 3.71. The normalized spacial score (nSPS) is 11.6. The summed E-state index contributed by atoms with van der Waals surface area (Å²) in [5.41, 5.74) is 6.46. The maximum Gasteiger partial charge on any atom is 0.312 e. The first-order valence-corrected chi connectivity index (χ1v) is 5.92. The Bertz CT molecular complexity index is 536. The highest BCUT2D eigenvalue weighted by atomic mass is 19.1. The molecule has 0 aliphatic heterocycles. The number of nitrogen functional groups attached to an aromatic ring is 1. The molecule has 0 saturated heterocycles. The Balaban J connectivity index is 2.09. The van der Waals surface area contributed by atoms with Gasteiger partial charge in [-0.25, -0.2) is 4.98 Å². The third-order valence-electron chi connectivity index (χ3n) is 2.55. The summed E-state index contributed by atoms with van der Waals surface area (Å²) in [6.45, 7) is 6.66. The molecule has 0 unspecified atom stereocenters. The predicted octanol–water partition coefficient (Wildman–Crippen LogP) is 0.793. The van der Waals surface area contributed by atoms with Crippen molar-refractivity contribution >= 4 is 17.0 Å². The fourth-order valence-corrected chi connectivity index (χ4v) is 1.69. The molecule has 3 N–H and O–H groups in total. The number of nitrogens with two attached hydrogens (primary N) is 1. The van der Waals surface area contributed by atoms with Crippen LogP contribution in [-0.2, 0) is 6.54 Å². The molecule has 0 radical (unpaired) electrons. The van der Waals surface area contributed by atoms with Crippen LogP contribution in [0.15, 0.2) is 6.33 Å². The van der Waals surface area contributed by atoms with E-state index in [2.05, 4.69) is 34.1 Å². The zero-order chi connectivity index (χ0) is 13.1. The van der Waals surface area contributed by atoms with E-state index in [4.69, 9.17) is 5.73 Å². The van der Waals surface area contributed by atoms with Crippen molar-refractivity contribution in [2.24, 2.45) is 5.92 Å². The maximum absolute atomic E-state index is 13.1. The van der Waals surface area contributed by atoms with Crippen LogP contribution >= 0.6 is 0 Å². The van der Waals surface area contributed by atoms with Crippen molar-refractivity contribution in [3.8, 4) is 0 Å². The van der Waals surface area contributed by atoms with Crippen molar-refractivity contribution < 1.29 is 4.39 Å². The summed E-state index contributed by atoms with van der Waals surface area (Å²) in [5.74, 6) is 0.673. The molecular formula is C11H17FN6. The molecule has 98 valence electrons. The SMILES string of the molecule is CC(C)CNCCn1cnc2c(N)nc(F)nc21. The summed E-state index contributed by atoms with van der Waals surface area (Å²) in [6, 6.07) is 0. The number of halogens is 1. The standard InChI is InChI=1S/C11H17FN6/c1-7(2)5-14-3-4-18-6-15-8-9(13)16-11(12)17-10(8)18/h6-7,14H,3-5H2,1-2H3,(H2,13,16,17). The molecule has 2 rings (SSSR count). The van der Waals surface area contributed by atoms with Gasteiger partial charge in [-0.1, -0.05) is 13.8 Å². The minimum Gasteiger partial charge on any atom is -0.382 e. The highest BCUT2D eigenvalue weighted by Crippen LogP contribution is 2.15. The first kappa shape index (κ1) is 12.7. The second-order valence-corrected chi connectivity index (χ2v) is 4.59. The fraction of sp³-hybridized carbons (Fsp3) is 0.545. The Labute approximate surface area is 104 Å². The number of hydrogen-bond acceptors (Lipinski definition) is 5. The Morgan fingerprint density at radius 2 is 2.22 bits per heavy atom. The number of nitrogens with zero attached hydrogens (tertiary/aromatic N) is 4. The Hall–Kier alpha value is -1.76. The van der Waals surface area contributed by atoms with Gasteiger partial charge in [-0.3, -0.25) is 0 Å². The molecule has 0 saturated carbocycles.